The second-order valence-corrected chi connectivity index (χ2v) is 7.27. The predicted molar refractivity (Wildman–Crippen MR) is 94.3 cm³/mol. The van der Waals surface area contributed by atoms with Gasteiger partial charge < -0.3 is 15.1 Å². The normalized spacial score (nSPS) is 18.1. The van der Waals surface area contributed by atoms with Gasteiger partial charge in [0.2, 0.25) is 0 Å². The van der Waals surface area contributed by atoms with Gasteiger partial charge in [0, 0.05) is 26.2 Å². The van der Waals surface area contributed by atoms with Crippen molar-refractivity contribution in [3.63, 3.8) is 0 Å². The number of thiophene rings is 1. The van der Waals surface area contributed by atoms with E-state index in [9.17, 15) is 13.2 Å². The van der Waals surface area contributed by atoms with Crippen molar-refractivity contribution < 1.29 is 13.2 Å². The van der Waals surface area contributed by atoms with Crippen molar-refractivity contribution in [3.05, 3.63) is 40.8 Å². The largest absolute Gasteiger partial charge is 0.425 e. The molecule has 1 saturated heterocycles. The molecule has 2 aliphatic heterocycles. The maximum absolute atomic E-state index is 13.2. The molecule has 4 nitrogen and oxygen atoms in total. The van der Waals surface area contributed by atoms with Crippen LogP contribution in [0.15, 0.2) is 35.3 Å². The second kappa shape index (κ2) is 6.03. The number of halogens is 3. The lowest BCUT2D eigenvalue weighted by atomic mass is 10.2. The summed E-state index contributed by atoms with van der Waals surface area (Å²) in [5, 5.41) is 3.64. The maximum Gasteiger partial charge on any atom is 0.425 e. The zero-order chi connectivity index (χ0) is 17.6. The molecule has 0 atom stereocenters. The van der Waals surface area contributed by atoms with Crippen molar-refractivity contribution in [1.82, 2.24) is 9.80 Å². The number of anilines is 2. The fraction of sp³-hybridized carbons (Fsp3) is 0.353. The highest BCUT2D eigenvalue weighted by Crippen LogP contribution is 2.44. The van der Waals surface area contributed by atoms with Gasteiger partial charge in [0.25, 0.3) is 0 Å². The quantitative estimate of drug-likeness (QED) is 0.760. The minimum atomic E-state index is -4.36. The number of rotatable bonds is 0. The number of nitrogens with zero attached hydrogens (tertiary/aromatic N) is 3. The Kier molecular flexibility index (Phi) is 3.96. The Balaban J connectivity index is 1.82. The molecule has 0 radical (unpaired) electrons. The summed E-state index contributed by atoms with van der Waals surface area (Å²) in [6.07, 6.45) is -4.36. The highest BCUT2D eigenvalue weighted by molar-refractivity contribution is 7.16. The number of para-hydroxylation sites is 2. The van der Waals surface area contributed by atoms with Crippen molar-refractivity contribution >= 4 is 33.5 Å². The summed E-state index contributed by atoms with van der Waals surface area (Å²) in [7, 11) is 2.04. The molecule has 25 heavy (non-hydrogen) atoms. The first kappa shape index (κ1) is 16.4. The molecule has 2 aliphatic rings. The third-order valence-corrected chi connectivity index (χ3v) is 5.53. The minimum absolute atomic E-state index is 0.495. The van der Waals surface area contributed by atoms with Crippen molar-refractivity contribution in [2.75, 3.05) is 38.5 Å². The van der Waals surface area contributed by atoms with E-state index in [1.54, 1.807) is 0 Å². The highest BCUT2D eigenvalue weighted by atomic mass is 32.1. The van der Waals surface area contributed by atoms with Crippen LogP contribution in [-0.2, 0) is 6.18 Å². The van der Waals surface area contributed by atoms with Crippen molar-refractivity contribution in [3.8, 4) is 0 Å². The van der Waals surface area contributed by atoms with Crippen molar-refractivity contribution in [2.24, 2.45) is 4.99 Å². The van der Waals surface area contributed by atoms with Gasteiger partial charge in [-0.15, -0.1) is 11.3 Å². The second-order valence-electron chi connectivity index (χ2n) is 6.22. The van der Waals surface area contributed by atoms with Crippen LogP contribution in [0.25, 0.3) is 0 Å². The molecule has 1 aromatic carbocycles. The van der Waals surface area contributed by atoms with E-state index >= 15 is 0 Å². The van der Waals surface area contributed by atoms with Crippen LogP contribution >= 0.6 is 11.3 Å². The summed E-state index contributed by atoms with van der Waals surface area (Å²) < 4.78 is 39.6. The molecule has 0 spiro atoms. The molecular formula is C17H17F3N4S. The number of hydrogen-bond donors (Lipinski definition) is 1. The lowest BCUT2D eigenvalue weighted by Crippen LogP contribution is -2.47. The van der Waals surface area contributed by atoms with Gasteiger partial charge >= 0.3 is 6.18 Å². The van der Waals surface area contributed by atoms with Crippen LogP contribution in [0.2, 0.25) is 0 Å². The van der Waals surface area contributed by atoms with E-state index in [-0.39, 0.29) is 0 Å². The number of fused-ring (bicyclic) bond motifs is 2. The average molecular weight is 366 g/mol. The molecule has 4 rings (SSSR count). The molecule has 8 heteroatoms. The fourth-order valence-electron chi connectivity index (χ4n) is 3.02. The Hall–Kier alpha value is -2.06. The van der Waals surface area contributed by atoms with E-state index in [1.807, 2.05) is 31.3 Å². The van der Waals surface area contributed by atoms with Crippen LogP contribution in [0.3, 0.4) is 0 Å². The van der Waals surface area contributed by atoms with Gasteiger partial charge in [-0.2, -0.15) is 13.2 Å². The molecule has 0 saturated carbocycles. The molecule has 3 heterocycles. The number of piperazine rings is 1. The molecular weight excluding hydrogens is 349 g/mol. The van der Waals surface area contributed by atoms with Crippen LogP contribution in [0.4, 0.5) is 29.5 Å². The van der Waals surface area contributed by atoms with E-state index in [4.69, 9.17) is 4.99 Å². The molecule has 132 valence electrons. The molecule has 2 aromatic rings. The van der Waals surface area contributed by atoms with Crippen LogP contribution in [0, 0.1) is 0 Å². The first-order chi connectivity index (χ1) is 11.9. The Morgan fingerprint density at radius 1 is 1.12 bits per heavy atom. The Bertz CT molecular complexity index is 820. The maximum atomic E-state index is 13.2. The number of nitrogens with one attached hydrogen (secondary N) is 1. The zero-order valence-corrected chi connectivity index (χ0v) is 14.4. The Labute approximate surface area is 147 Å². The van der Waals surface area contributed by atoms with Crippen molar-refractivity contribution in [1.29, 1.82) is 0 Å². The minimum Gasteiger partial charge on any atom is -0.353 e. The summed E-state index contributed by atoms with van der Waals surface area (Å²) in [6, 6.07) is 8.66. The third kappa shape index (κ3) is 3.11. The SMILES string of the molecule is CN1CCN(C2=Nc3ccccc3Nc3sc(C(F)(F)F)cc32)CC1. The van der Waals surface area contributed by atoms with Crippen LogP contribution in [0.5, 0.6) is 0 Å². The van der Waals surface area contributed by atoms with E-state index < -0.39 is 11.1 Å². The summed E-state index contributed by atoms with van der Waals surface area (Å²) >= 11 is 0.733. The van der Waals surface area contributed by atoms with Crippen LogP contribution < -0.4 is 5.32 Å². The number of likely N-dealkylation sites (N-methyl/N-ethyl adjacent to an activating group) is 1. The molecule has 0 aliphatic carbocycles. The number of hydrogen-bond acceptors (Lipinski definition) is 5. The number of benzene rings is 1. The number of amidine groups is 1. The van der Waals surface area contributed by atoms with Gasteiger partial charge in [0.05, 0.1) is 16.9 Å². The summed E-state index contributed by atoms with van der Waals surface area (Å²) in [4.78, 5) is 8.40. The van der Waals surface area contributed by atoms with E-state index in [2.05, 4.69) is 15.1 Å². The van der Waals surface area contributed by atoms with Gasteiger partial charge in [-0.1, -0.05) is 12.1 Å². The van der Waals surface area contributed by atoms with Gasteiger partial charge in [-0.05, 0) is 25.2 Å². The average Bonchev–Trinajstić information content (AvgIpc) is 2.93. The molecule has 1 N–H and O–H groups in total. The van der Waals surface area contributed by atoms with Gasteiger partial charge in [-0.3, -0.25) is 0 Å². The van der Waals surface area contributed by atoms with E-state index in [0.29, 0.717) is 16.4 Å². The van der Waals surface area contributed by atoms with Crippen molar-refractivity contribution in [2.45, 2.75) is 6.18 Å². The third-order valence-electron chi connectivity index (χ3n) is 4.43. The van der Waals surface area contributed by atoms with Gasteiger partial charge in [0.1, 0.15) is 15.7 Å². The van der Waals surface area contributed by atoms with Crippen LogP contribution in [0.1, 0.15) is 10.4 Å². The Morgan fingerprint density at radius 2 is 1.84 bits per heavy atom. The lowest BCUT2D eigenvalue weighted by molar-refractivity contribution is -0.134. The number of aliphatic imine (C=N–C) groups is 1. The predicted octanol–water partition coefficient (Wildman–Crippen LogP) is 4.15. The van der Waals surface area contributed by atoms with Gasteiger partial charge in [0.15, 0.2) is 0 Å². The zero-order valence-electron chi connectivity index (χ0n) is 13.6. The molecule has 1 aromatic heterocycles. The summed E-state index contributed by atoms with van der Waals surface area (Å²) in [6.45, 7) is 3.21. The van der Waals surface area contributed by atoms with Gasteiger partial charge in [-0.25, -0.2) is 4.99 Å². The molecule has 0 bridgehead atoms. The first-order valence-electron chi connectivity index (χ1n) is 8.01. The topological polar surface area (TPSA) is 30.9 Å². The summed E-state index contributed by atoms with van der Waals surface area (Å²) in [5.74, 6) is 0.618. The highest BCUT2D eigenvalue weighted by Gasteiger charge is 2.36. The summed E-state index contributed by atoms with van der Waals surface area (Å²) in [5.41, 5.74) is 2.00. The van der Waals surface area contributed by atoms with Crippen LogP contribution in [-0.4, -0.2) is 48.9 Å². The standard InChI is InChI=1S/C17H17F3N4S/c1-23-6-8-24(9-7-23)15-11-10-14(17(18,19)20)25-16(11)22-13-5-3-2-4-12(13)21-15/h2-5,10,22H,6-9H2,1H3. The lowest BCUT2D eigenvalue weighted by Gasteiger charge is -2.34. The fourth-order valence-corrected chi connectivity index (χ4v) is 3.96. The first-order valence-corrected chi connectivity index (χ1v) is 8.83. The number of alkyl halides is 3. The molecule has 0 amide bonds. The monoisotopic (exact) mass is 366 g/mol. The molecule has 0 unspecified atom stereocenters. The smallest absolute Gasteiger partial charge is 0.353 e. The van der Waals surface area contributed by atoms with E-state index in [0.717, 1.165) is 48.9 Å². The molecule has 1 fully saturated rings. The Morgan fingerprint density at radius 3 is 2.56 bits per heavy atom. The van der Waals surface area contributed by atoms with E-state index in [1.165, 1.54) is 6.07 Å².